The van der Waals surface area contributed by atoms with E-state index in [1.807, 2.05) is 24.3 Å². The van der Waals surface area contributed by atoms with Gasteiger partial charge >= 0.3 is 5.97 Å². The highest BCUT2D eigenvalue weighted by molar-refractivity contribution is 6.06. The summed E-state index contributed by atoms with van der Waals surface area (Å²) in [4.78, 5) is 32.7. The molecule has 2 aliphatic heterocycles. The van der Waals surface area contributed by atoms with Crippen molar-refractivity contribution in [3.63, 3.8) is 0 Å². The Morgan fingerprint density at radius 3 is 2.79 bits per heavy atom. The molecule has 3 aromatic rings. The van der Waals surface area contributed by atoms with Gasteiger partial charge in [0.05, 0.1) is 11.1 Å². The molecule has 3 heterocycles. The first-order chi connectivity index (χ1) is 16.1. The predicted molar refractivity (Wildman–Crippen MR) is 123 cm³/mol. The summed E-state index contributed by atoms with van der Waals surface area (Å²) in [7, 11) is 0. The normalized spacial score (nSPS) is 15.1. The number of nitrogens with zero attached hydrogens (tertiary/aromatic N) is 2. The van der Waals surface area contributed by atoms with Gasteiger partial charge in [0, 0.05) is 47.9 Å². The second-order valence-electron chi connectivity index (χ2n) is 8.03. The van der Waals surface area contributed by atoms with Crippen molar-refractivity contribution < 1.29 is 23.8 Å². The Bertz CT molecular complexity index is 1230. The fourth-order valence-electron chi connectivity index (χ4n) is 4.27. The molecular formula is C25H25N3O5. The zero-order valence-electron chi connectivity index (χ0n) is 18.4. The number of carbonyl (C=O) groups is 2. The highest BCUT2D eigenvalue weighted by Gasteiger charge is 2.26. The molecule has 1 aromatic heterocycles. The van der Waals surface area contributed by atoms with Gasteiger partial charge < -0.3 is 19.5 Å². The maximum atomic E-state index is 13.2. The second-order valence-corrected chi connectivity index (χ2v) is 8.03. The van der Waals surface area contributed by atoms with Gasteiger partial charge in [-0.3, -0.25) is 14.7 Å². The smallest absolute Gasteiger partial charge is 0.339 e. The molecule has 8 heteroatoms. The Labute approximate surface area is 191 Å². The van der Waals surface area contributed by atoms with Crippen molar-refractivity contribution in [3.8, 4) is 11.5 Å². The minimum absolute atomic E-state index is 0.393. The lowest BCUT2D eigenvalue weighted by molar-refractivity contribution is -0.119. The van der Waals surface area contributed by atoms with Crippen LogP contribution in [-0.2, 0) is 22.5 Å². The summed E-state index contributed by atoms with van der Waals surface area (Å²) in [5.41, 5.74) is 3.62. The molecule has 0 atom stereocenters. The second kappa shape index (κ2) is 9.07. The lowest BCUT2D eigenvalue weighted by atomic mass is 9.96. The summed E-state index contributed by atoms with van der Waals surface area (Å²) in [6, 6.07) is 12.7. The van der Waals surface area contributed by atoms with Gasteiger partial charge in [-0.15, -0.1) is 0 Å². The van der Waals surface area contributed by atoms with Crippen molar-refractivity contribution in [2.24, 2.45) is 0 Å². The topological polar surface area (TPSA) is 90.0 Å². The van der Waals surface area contributed by atoms with Gasteiger partial charge in [-0.25, -0.2) is 4.79 Å². The number of hydrogen-bond acceptors (Lipinski definition) is 7. The number of rotatable bonds is 5. The van der Waals surface area contributed by atoms with Crippen LogP contribution in [0, 0.1) is 0 Å². The fourth-order valence-corrected chi connectivity index (χ4v) is 4.27. The van der Waals surface area contributed by atoms with Crippen LogP contribution < -0.4 is 14.8 Å². The van der Waals surface area contributed by atoms with Crippen molar-refractivity contribution >= 4 is 28.5 Å². The molecule has 0 spiro atoms. The number of nitrogens with one attached hydrogen (secondary N) is 1. The third kappa shape index (κ3) is 4.34. The van der Waals surface area contributed by atoms with E-state index in [-0.39, 0.29) is 0 Å². The Morgan fingerprint density at radius 1 is 1.12 bits per heavy atom. The SMILES string of the molecule is CCN1CCc2nc3ccccc3c(C(=O)OCC(=O)Nc3ccc4c(c3)OCCO4)c2C1. The number of ether oxygens (including phenoxy) is 3. The molecule has 0 fully saturated rings. The molecule has 1 N–H and O–H groups in total. The van der Waals surface area contributed by atoms with Crippen LogP contribution in [0.25, 0.3) is 10.9 Å². The van der Waals surface area contributed by atoms with E-state index in [0.717, 1.165) is 41.7 Å². The molecule has 1 amide bonds. The Balaban J connectivity index is 1.33. The fraction of sp³-hybridized carbons (Fsp3) is 0.320. The van der Waals surface area contributed by atoms with Crippen molar-refractivity contribution in [2.45, 2.75) is 19.9 Å². The van der Waals surface area contributed by atoms with E-state index in [1.165, 1.54) is 0 Å². The van der Waals surface area contributed by atoms with Crippen molar-refractivity contribution in [1.82, 2.24) is 9.88 Å². The van der Waals surface area contributed by atoms with Crippen LogP contribution in [0.2, 0.25) is 0 Å². The van der Waals surface area contributed by atoms with Crippen molar-refractivity contribution in [3.05, 3.63) is 59.3 Å². The molecule has 170 valence electrons. The molecule has 2 aliphatic rings. The van der Waals surface area contributed by atoms with E-state index in [9.17, 15) is 9.59 Å². The number of amides is 1. The number of carbonyl (C=O) groups excluding carboxylic acids is 2. The minimum atomic E-state index is -0.514. The maximum Gasteiger partial charge on any atom is 0.339 e. The summed E-state index contributed by atoms with van der Waals surface area (Å²) in [5, 5.41) is 3.48. The summed E-state index contributed by atoms with van der Waals surface area (Å²) in [6.07, 6.45) is 0.777. The standard InChI is InChI=1S/C25H25N3O5/c1-2-28-10-9-20-18(14-28)24(17-5-3-4-6-19(17)27-20)25(30)33-15-23(29)26-16-7-8-21-22(13-16)32-12-11-31-21/h3-8,13H,2,9-12,14-15H2,1H3,(H,26,29). The monoisotopic (exact) mass is 447 g/mol. The minimum Gasteiger partial charge on any atom is -0.486 e. The summed E-state index contributed by atoms with van der Waals surface area (Å²) in [5.74, 6) is 0.273. The van der Waals surface area contributed by atoms with Crippen LogP contribution in [0.5, 0.6) is 11.5 Å². The molecule has 33 heavy (non-hydrogen) atoms. The number of anilines is 1. The molecule has 8 nitrogen and oxygen atoms in total. The first-order valence-corrected chi connectivity index (χ1v) is 11.1. The number of likely N-dealkylation sites (N-methyl/N-ethyl adjacent to an activating group) is 1. The highest BCUT2D eigenvalue weighted by atomic mass is 16.6. The van der Waals surface area contributed by atoms with Gasteiger partial charge in [0.15, 0.2) is 18.1 Å². The summed E-state index contributed by atoms with van der Waals surface area (Å²) < 4.78 is 16.5. The first kappa shape index (κ1) is 21.2. The van der Waals surface area contributed by atoms with E-state index in [4.69, 9.17) is 19.2 Å². The van der Waals surface area contributed by atoms with E-state index in [2.05, 4.69) is 17.1 Å². The lowest BCUT2D eigenvalue weighted by Crippen LogP contribution is -2.32. The van der Waals surface area contributed by atoms with Crippen LogP contribution in [0.3, 0.4) is 0 Å². The summed E-state index contributed by atoms with van der Waals surface area (Å²) in [6.45, 7) is 5.09. The number of para-hydroxylation sites is 1. The Kier molecular flexibility index (Phi) is 5.83. The zero-order chi connectivity index (χ0) is 22.8. The van der Waals surface area contributed by atoms with Crippen LogP contribution in [-0.4, -0.2) is 54.7 Å². The highest BCUT2D eigenvalue weighted by Crippen LogP contribution is 2.32. The molecule has 0 saturated heterocycles. The van der Waals surface area contributed by atoms with Gasteiger partial charge in [-0.2, -0.15) is 0 Å². The summed E-state index contributed by atoms with van der Waals surface area (Å²) >= 11 is 0. The molecule has 0 unspecified atom stereocenters. The average Bonchev–Trinajstić information content (AvgIpc) is 2.85. The Morgan fingerprint density at radius 2 is 1.94 bits per heavy atom. The first-order valence-electron chi connectivity index (χ1n) is 11.1. The van der Waals surface area contributed by atoms with Crippen LogP contribution in [0.1, 0.15) is 28.5 Å². The number of hydrogen-bond donors (Lipinski definition) is 1. The molecule has 0 radical (unpaired) electrons. The van der Waals surface area contributed by atoms with E-state index < -0.39 is 18.5 Å². The molecule has 0 aliphatic carbocycles. The molecule has 0 saturated carbocycles. The number of benzene rings is 2. The molecule has 5 rings (SSSR count). The van der Waals surface area contributed by atoms with Crippen molar-refractivity contribution in [1.29, 1.82) is 0 Å². The molecular weight excluding hydrogens is 422 g/mol. The molecule has 2 aromatic carbocycles. The largest absolute Gasteiger partial charge is 0.486 e. The van der Waals surface area contributed by atoms with E-state index in [0.29, 0.717) is 42.5 Å². The third-order valence-corrected chi connectivity index (χ3v) is 5.94. The lowest BCUT2D eigenvalue weighted by Gasteiger charge is -2.28. The number of esters is 1. The number of aromatic nitrogens is 1. The van der Waals surface area contributed by atoms with Gasteiger partial charge in [0.1, 0.15) is 13.2 Å². The van der Waals surface area contributed by atoms with E-state index in [1.54, 1.807) is 18.2 Å². The van der Waals surface area contributed by atoms with Crippen LogP contribution in [0.4, 0.5) is 5.69 Å². The van der Waals surface area contributed by atoms with Gasteiger partial charge in [-0.1, -0.05) is 25.1 Å². The Hall–Kier alpha value is -3.65. The average molecular weight is 447 g/mol. The van der Waals surface area contributed by atoms with Gasteiger partial charge in [-0.05, 0) is 24.7 Å². The number of pyridine rings is 1. The van der Waals surface area contributed by atoms with Gasteiger partial charge in [0.2, 0.25) is 0 Å². The predicted octanol–water partition coefficient (Wildman–Crippen LogP) is 3.18. The third-order valence-electron chi connectivity index (χ3n) is 5.94. The van der Waals surface area contributed by atoms with Gasteiger partial charge in [0.25, 0.3) is 5.91 Å². The maximum absolute atomic E-state index is 13.2. The number of fused-ring (bicyclic) bond motifs is 3. The zero-order valence-corrected chi connectivity index (χ0v) is 18.4. The van der Waals surface area contributed by atoms with Crippen LogP contribution >= 0.6 is 0 Å². The van der Waals surface area contributed by atoms with E-state index >= 15 is 0 Å². The van der Waals surface area contributed by atoms with Crippen LogP contribution in [0.15, 0.2) is 42.5 Å². The molecule has 0 bridgehead atoms. The quantitative estimate of drug-likeness (QED) is 0.601. The van der Waals surface area contributed by atoms with Crippen molar-refractivity contribution in [2.75, 3.05) is 38.2 Å².